The molecule has 3 aliphatic rings. The summed E-state index contributed by atoms with van der Waals surface area (Å²) in [6.45, 7) is 4.84. The van der Waals surface area contributed by atoms with Gasteiger partial charge in [-0.3, -0.25) is 0 Å². The van der Waals surface area contributed by atoms with Gasteiger partial charge in [0.2, 0.25) is 0 Å². The highest BCUT2D eigenvalue weighted by atomic mass is 16.5. The Morgan fingerprint density at radius 1 is 1.28 bits per heavy atom. The van der Waals surface area contributed by atoms with Crippen LogP contribution >= 0.6 is 0 Å². The van der Waals surface area contributed by atoms with Crippen LogP contribution in [0, 0.1) is 11.8 Å². The van der Waals surface area contributed by atoms with Gasteiger partial charge in [0, 0.05) is 6.61 Å². The van der Waals surface area contributed by atoms with Crippen molar-refractivity contribution < 1.29 is 9.84 Å². The third kappa shape index (κ3) is 1.77. The lowest BCUT2D eigenvalue weighted by Gasteiger charge is -2.44. The normalized spacial score (nSPS) is 41.4. The second-order valence-electron chi connectivity index (χ2n) is 6.90. The van der Waals surface area contributed by atoms with Crippen LogP contribution in [-0.2, 0) is 4.74 Å². The lowest BCUT2D eigenvalue weighted by atomic mass is 9.63. The van der Waals surface area contributed by atoms with E-state index in [0.29, 0.717) is 6.61 Å². The van der Waals surface area contributed by atoms with E-state index in [-0.39, 0.29) is 11.2 Å². The van der Waals surface area contributed by atoms with E-state index in [1.54, 1.807) is 0 Å². The molecule has 18 heavy (non-hydrogen) atoms. The average Bonchev–Trinajstić information content (AvgIpc) is 2.54. The van der Waals surface area contributed by atoms with E-state index in [4.69, 9.17) is 9.84 Å². The summed E-state index contributed by atoms with van der Waals surface area (Å²) in [6, 6.07) is 0. The Labute approximate surface area is 110 Å². The van der Waals surface area contributed by atoms with Gasteiger partial charge in [0.15, 0.2) is 0 Å². The minimum absolute atomic E-state index is 0.0415. The second-order valence-corrected chi connectivity index (χ2v) is 6.90. The van der Waals surface area contributed by atoms with Gasteiger partial charge in [-0.25, -0.2) is 0 Å². The molecular formula is C16H26O2. The van der Waals surface area contributed by atoms with E-state index < -0.39 is 0 Å². The van der Waals surface area contributed by atoms with E-state index in [2.05, 4.69) is 19.9 Å². The molecule has 2 aliphatic carbocycles. The predicted octanol–water partition coefficient (Wildman–Crippen LogP) is 3.44. The fourth-order valence-corrected chi connectivity index (χ4v) is 4.59. The van der Waals surface area contributed by atoms with Crippen molar-refractivity contribution in [2.45, 2.75) is 70.0 Å². The Hall–Kier alpha value is -0.340. The molecule has 1 N–H and O–H groups in total. The summed E-state index contributed by atoms with van der Waals surface area (Å²) in [5.74, 6) is 1.46. The van der Waals surface area contributed by atoms with Gasteiger partial charge in [-0.1, -0.05) is 6.08 Å². The maximum absolute atomic E-state index is 9.09. The van der Waals surface area contributed by atoms with Crippen LogP contribution in [0.1, 0.15) is 58.8 Å². The molecule has 0 aromatic heterocycles. The van der Waals surface area contributed by atoms with Crippen LogP contribution < -0.4 is 0 Å². The standard InChI is InChI=1S/C16H26O2/c1-15(2)14-9-8-13-6-3-5-12(7-4-10-17)16(13,11-14)18-15/h5,13-14,17H,3-4,6-11H2,1-2H3. The number of fused-ring (bicyclic) bond motifs is 1. The zero-order valence-corrected chi connectivity index (χ0v) is 11.7. The Morgan fingerprint density at radius 3 is 2.83 bits per heavy atom. The van der Waals surface area contributed by atoms with Crippen LogP contribution in [0.5, 0.6) is 0 Å². The molecule has 2 nitrogen and oxygen atoms in total. The second kappa shape index (κ2) is 4.35. The zero-order chi connectivity index (χ0) is 12.8. The van der Waals surface area contributed by atoms with Crippen molar-refractivity contribution in [2.75, 3.05) is 6.61 Å². The number of rotatable bonds is 3. The number of hydrogen-bond donors (Lipinski definition) is 1. The molecule has 1 aliphatic heterocycles. The highest BCUT2D eigenvalue weighted by Crippen LogP contribution is 2.59. The summed E-state index contributed by atoms with van der Waals surface area (Å²) in [7, 11) is 0. The third-order valence-electron chi connectivity index (χ3n) is 5.55. The molecule has 3 unspecified atom stereocenters. The molecule has 1 saturated carbocycles. The SMILES string of the molecule is CC1(C)OC23CC1CCC2CCC=C3CCCO. The molecule has 1 spiro atoms. The Morgan fingerprint density at radius 2 is 2.06 bits per heavy atom. The highest BCUT2D eigenvalue weighted by molar-refractivity contribution is 5.28. The summed E-state index contributed by atoms with van der Waals surface area (Å²) in [5, 5.41) is 9.09. The predicted molar refractivity (Wildman–Crippen MR) is 72.4 cm³/mol. The van der Waals surface area contributed by atoms with Crippen molar-refractivity contribution in [3.05, 3.63) is 11.6 Å². The van der Waals surface area contributed by atoms with Crippen molar-refractivity contribution in [1.82, 2.24) is 0 Å². The molecule has 3 atom stereocenters. The summed E-state index contributed by atoms with van der Waals surface area (Å²) in [4.78, 5) is 0. The van der Waals surface area contributed by atoms with Crippen LogP contribution in [0.3, 0.4) is 0 Å². The maximum Gasteiger partial charge on any atom is 0.0930 e. The van der Waals surface area contributed by atoms with E-state index >= 15 is 0 Å². The van der Waals surface area contributed by atoms with Crippen molar-refractivity contribution in [3.8, 4) is 0 Å². The molecule has 3 rings (SSSR count). The number of allylic oxidation sites excluding steroid dienone is 1. The van der Waals surface area contributed by atoms with Gasteiger partial charge >= 0.3 is 0 Å². The van der Waals surface area contributed by atoms with Crippen molar-refractivity contribution in [3.63, 3.8) is 0 Å². The minimum atomic E-state index is 0.0415. The van der Waals surface area contributed by atoms with E-state index in [1.807, 2.05) is 0 Å². The number of ether oxygens (including phenoxy) is 1. The van der Waals surface area contributed by atoms with Gasteiger partial charge in [0.05, 0.1) is 11.2 Å². The van der Waals surface area contributed by atoms with Crippen LogP contribution in [0.2, 0.25) is 0 Å². The Kier molecular flexibility index (Phi) is 3.06. The molecule has 0 aromatic rings. The van der Waals surface area contributed by atoms with Crippen LogP contribution in [0.4, 0.5) is 0 Å². The fraction of sp³-hybridized carbons (Fsp3) is 0.875. The molecule has 102 valence electrons. The fourth-order valence-electron chi connectivity index (χ4n) is 4.59. The maximum atomic E-state index is 9.09. The lowest BCUT2D eigenvalue weighted by Crippen LogP contribution is -2.44. The van der Waals surface area contributed by atoms with Crippen LogP contribution in [-0.4, -0.2) is 22.9 Å². The average molecular weight is 250 g/mol. The summed E-state index contributed by atoms with van der Waals surface area (Å²) in [5.41, 5.74) is 1.59. The molecule has 2 fully saturated rings. The van der Waals surface area contributed by atoms with E-state index in [0.717, 1.165) is 24.7 Å². The lowest BCUT2D eigenvalue weighted by molar-refractivity contribution is -0.0979. The summed E-state index contributed by atoms with van der Waals surface area (Å²) < 4.78 is 6.62. The molecular weight excluding hydrogens is 224 g/mol. The van der Waals surface area contributed by atoms with Gasteiger partial charge in [0.1, 0.15) is 0 Å². The Bertz CT molecular complexity index is 358. The third-order valence-corrected chi connectivity index (χ3v) is 5.55. The molecule has 0 radical (unpaired) electrons. The number of hydrogen-bond acceptors (Lipinski definition) is 2. The Balaban J connectivity index is 1.91. The topological polar surface area (TPSA) is 29.5 Å². The first kappa shape index (κ1) is 12.7. The summed E-state index contributed by atoms with van der Waals surface area (Å²) >= 11 is 0. The van der Waals surface area contributed by atoms with Crippen molar-refractivity contribution >= 4 is 0 Å². The zero-order valence-electron chi connectivity index (χ0n) is 11.7. The minimum Gasteiger partial charge on any atom is -0.396 e. The van der Waals surface area contributed by atoms with Gasteiger partial charge in [-0.15, -0.1) is 0 Å². The van der Waals surface area contributed by atoms with E-state index in [9.17, 15) is 0 Å². The number of aliphatic hydroxyl groups excluding tert-OH is 1. The molecule has 2 heteroatoms. The largest absolute Gasteiger partial charge is 0.396 e. The van der Waals surface area contributed by atoms with Crippen molar-refractivity contribution in [2.24, 2.45) is 11.8 Å². The molecule has 1 saturated heterocycles. The highest BCUT2D eigenvalue weighted by Gasteiger charge is 2.59. The monoisotopic (exact) mass is 250 g/mol. The molecule has 0 amide bonds. The first-order valence-electron chi connectivity index (χ1n) is 7.59. The quantitative estimate of drug-likeness (QED) is 0.777. The smallest absolute Gasteiger partial charge is 0.0930 e. The van der Waals surface area contributed by atoms with Crippen LogP contribution in [0.15, 0.2) is 11.6 Å². The van der Waals surface area contributed by atoms with Crippen LogP contribution in [0.25, 0.3) is 0 Å². The molecule has 2 bridgehead atoms. The molecule has 1 heterocycles. The first-order valence-corrected chi connectivity index (χ1v) is 7.59. The summed E-state index contributed by atoms with van der Waals surface area (Å²) in [6.07, 6.45) is 10.7. The van der Waals surface area contributed by atoms with Crippen molar-refractivity contribution in [1.29, 1.82) is 0 Å². The first-order chi connectivity index (χ1) is 8.58. The molecule has 0 aromatic carbocycles. The van der Waals surface area contributed by atoms with Gasteiger partial charge < -0.3 is 9.84 Å². The van der Waals surface area contributed by atoms with E-state index in [1.165, 1.54) is 37.7 Å². The van der Waals surface area contributed by atoms with Gasteiger partial charge in [-0.2, -0.15) is 0 Å². The van der Waals surface area contributed by atoms with Gasteiger partial charge in [-0.05, 0) is 76.2 Å². The number of aliphatic hydroxyl groups is 1. The van der Waals surface area contributed by atoms with Gasteiger partial charge in [0.25, 0.3) is 0 Å².